The Morgan fingerprint density at radius 2 is 0.845 bits per heavy atom. The van der Waals surface area contributed by atoms with Gasteiger partial charge in [0.15, 0.2) is 17.5 Å². The van der Waals surface area contributed by atoms with Crippen molar-refractivity contribution in [3.63, 3.8) is 0 Å². The molecule has 11 aromatic rings. The zero-order valence-corrected chi connectivity index (χ0v) is 31.9. The maximum absolute atomic E-state index is 6.47. The molecule has 8 aromatic carbocycles. The van der Waals surface area contributed by atoms with E-state index in [4.69, 9.17) is 24.4 Å². The summed E-state index contributed by atoms with van der Waals surface area (Å²) < 4.78 is 7.62. The Labute approximate surface area is 338 Å². The van der Waals surface area contributed by atoms with Crippen molar-refractivity contribution in [1.29, 1.82) is 0 Å². The molecule has 0 aliphatic rings. The predicted molar refractivity (Wildman–Crippen MR) is 238 cm³/mol. The number of hydrogen-bond donors (Lipinski definition) is 0. The molecule has 3 heterocycles. The summed E-state index contributed by atoms with van der Waals surface area (Å²) in [6, 6.07) is 67.0. The summed E-state index contributed by atoms with van der Waals surface area (Å²) in [6.45, 7) is 0. The number of hydrogen-bond acceptors (Lipinski definition) is 6. The summed E-state index contributed by atoms with van der Waals surface area (Å²) in [5.74, 6) is 1.81. The number of nitrogens with zero attached hydrogens (tertiary/aromatic N) is 4. The third-order valence-corrected chi connectivity index (χ3v) is 11.7. The summed E-state index contributed by atoms with van der Waals surface area (Å²) in [7, 11) is 0. The Morgan fingerprint density at radius 1 is 0.345 bits per heavy atom. The van der Waals surface area contributed by atoms with Gasteiger partial charge in [-0.05, 0) is 63.7 Å². The lowest BCUT2D eigenvalue weighted by Crippen LogP contribution is -2.00. The highest BCUT2D eigenvalue weighted by atomic mass is 32.1. The molecule has 272 valence electrons. The molecule has 58 heavy (non-hydrogen) atoms. The van der Waals surface area contributed by atoms with Crippen molar-refractivity contribution < 1.29 is 4.42 Å². The monoisotopic (exact) mass is 760 g/mol. The van der Waals surface area contributed by atoms with E-state index in [1.54, 1.807) is 11.3 Å². The predicted octanol–water partition coefficient (Wildman–Crippen LogP) is 14.0. The first-order valence-electron chi connectivity index (χ1n) is 19.2. The third-order valence-electron chi connectivity index (χ3n) is 10.6. The van der Waals surface area contributed by atoms with Crippen LogP contribution in [-0.2, 0) is 0 Å². The SMILES string of the molecule is c1ccc(-c2ccc(-c3nc(-c4ccccc4)nc(-c4cccc5oc6ccc(-c7ccc8sc(-c9ccc(-c%10ccccc%10)cc9)nc8c7)cc6c45)n3)cc2)cc1. The number of rotatable bonds is 7. The molecule has 0 bridgehead atoms. The van der Waals surface area contributed by atoms with Gasteiger partial charge in [-0.2, -0.15) is 0 Å². The lowest BCUT2D eigenvalue weighted by Gasteiger charge is -2.10. The average molecular weight is 761 g/mol. The highest BCUT2D eigenvalue weighted by Gasteiger charge is 2.19. The first-order chi connectivity index (χ1) is 28.7. The Balaban J connectivity index is 0.985. The van der Waals surface area contributed by atoms with E-state index in [-0.39, 0.29) is 0 Å². The second-order valence-corrected chi connectivity index (χ2v) is 15.3. The summed E-state index contributed by atoms with van der Waals surface area (Å²) in [6.07, 6.45) is 0. The van der Waals surface area contributed by atoms with Gasteiger partial charge < -0.3 is 4.42 Å². The van der Waals surface area contributed by atoms with Crippen LogP contribution in [-0.4, -0.2) is 19.9 Å². The molecule has 0 saturated heterocycles. The number of benzene rings is 8. The van der Waals surface area contributed by atoms with Gasteiger partial charge in [0.1, 0.15) is 16.2 Å². The van der Waals surface area contributed by atoms with Crippen LogP contribution in [0, 0.1) is 0 Å². The summed E-state index contributed by atoms with van der Waals surface area (Å²) in [5, 5.41) is 2.97. The minimum absolute atomic E-state index is 0.586. The lowest BCUT2D eigenvalue weighted by molar-refractivity contribution is 0.669. The van der Waals surface area contributed by atoms with Crippen molar-refractivity contribution in [3.8, 4) is 78.1 Å². The molecule has 6 heteroatoms. The molecule has 0 N–H and O–H groups in total. The molecule has 0 radical (unpaired) electrons. The van der Waals surface area contributed by atoms with Gasteiger partial charge in [-0.25, -0.2) is 19.9 Å². The van der Waals surface area contributed by atoms with Crippen molar-refractivity contribution in [3.05, 3.63) is 194 Å². The zero-order valence-electron chi connectivity index (χ0n) is 31.1. The van der Waals surface area contributed by atoms with E-state index in [1.807, 2.05) is 54.6 Å². The summed E-state index contributed by atoms with van der Waals surface area (Å²) in [5.41, 5.74) is 13.2. The maximum atomic E-state index is 6.47. The molecule has 0 fully saturated rings. The van der Waals surface area contributed by atoms with E-state index in [2.05, 4.69) is 140 Å². The quantitative estimate of drug-likeness (QED) is 0.162. The first-order valence-corrected chi connectivity index (χ1v) is 20.0. The summed E-state index contributed by atoms with van der Waals surface area (Å²) >= 11 is 1.71. The van der Waals surface area contributed by atoms with Gasteiger partial charge >= 0.3 is 0 Å². The smallest absolute Gasteiger partial charge is 0.164 e. The van der Waals surface area contributed by atoms with Crippen molar-refractivity contribution in [2.24, 2.45) is 0 Å². The topological polar surface area (TPSA) is 64.7 Å². The Kier molecular flexibility index (Phi) is 8.26. The van der Waals surface area contributed by atoms with E-state index in [0.717, 1.165) is 81.7 Å². The normalized spacial score (nSPS) is 11.4. The molecule has 0 spiro atoms. The minimum atomic E-state index is 0.586. The van der Waals surface area contributed by atoms with Crippen LogP contribution in [0.4, 0.5) is 0 Å². The number of furan rings is 1. The van der Waals surface area contributed by atoms with Gasteiger partial charge in [-0.3, -0.25) is 0 Å². The standard InChI is InChI=1S/C52H32N4OS/c1-4-11-33(12-5-1)35-19-23-38(24-20-35)50-54-49(37-15-8-3-9-16-37)55-51(56-50)42-17-10-18-46-48(42)43-31-40(27-29-45(43)57-46)41-28-30-47-44(32-41)53-52(58-47)39-25-21-36(22-26-39)34-13-6-2-7-14-34/h1-32H. The van der Waals surface area contributed by atoms with Crippen LogP contribution in [0.2, 0.25) is 0 Å². The zero-order chi connectivity index (χ0) is 38.4. The van der Waals surface area contributed by atoms with Gasteiger partial charge in [-0.1, -0.05) is 164 Å². The Bertz CT molecular complexity index is 3250. The molecule has 11 rings (SSSR count). The minimum Gasteiger partial charge on any atom is -0.456 e. The molecule has 0 aliphatic carbocycles. The number of thiazole rings is 1. The number of aromatic nitrogens is 4. The maximum Gasteiger partial charge on any atom is 0.164 e. The molecular formula is C52H32N4OS. The van der Waals surface area contributed by atoms with Crippen molar-refractivity contribution in [2.75, 3.05) is 0 Å². The van der Waals surface area contributed by atoms with E-state index in [1.165, 1.54) is 11.1 Å². The second-order valence-electron chi connectivity index (χ2n) is 14.3. The van der Waals surface area contributed by atoms with Crippen LogP contribution < -0.4 is 0 Å². The molecule has 3 aromatic heterocycles. The third kappa shape index (κ3) is 6.22. The van der Waals surface area contributed by atoms with E-state index >= 15 is 0 Å². The van der Waals surface area contributed by atoms with Crippen LogP contribution in [0.1, 0.15) is 0 Å². The Hall–Kier alpha value is -7.54. The van der Waals surface area contributed by atoms with Crippen LogP contribution >= 0.6 is 11.3 Å². The van der Waals surface area contributed by atoms with E-state index < -0.39 is 0 Å². The molecular weight excluding hydrogens is 729 g/mol. The second kappa shape index (κ2) is 14.2. The molecule has 0 amide bonds. The van der Waals surface area contributed by atoms with E-state index in [0.29, 0.717) is 17.5 Å². The van der Waals surface area contributed by atoms with Crippen molar-refractivity contribution in [2.45, 2.75) is 0 Å². The summed E-state index contributed by atoms with van der Waals surface area (Å²) in [4.78, 5) is 20.3. The fourth-order valence-electron chi connectivity index (χ4n) is 7.64. The van der Waals surface area contributed by atoms with Crippen molar-refractivity contribution >= 4 is 43.5 Å². The van der Waals surface area contributed by atoms with Gasteiger partial charge in [-0.15, -0.1) is 11.3 Å². The first kappa shape index (κ1) is 33.8. The molecule has 0 unspecified atom stereocenters. The fraction of sp³-hybridized carbons (Fsp3) is 0. The van der Waals surface area contributed by atoms with Crippen molar-refractivity contribution in [1.82, 2.24) is 19.9 Å². The lowest BCUT2D eigenvalue weighted by atomic mass is 10.00. The molecule has 0 atom stereocenters. The molecule has 0 saturated carbocycles. The fourth-order valence-corrected chi connectivity index (χ4v) is 8.59. The van der Waals surface area contributed by atoms with E-state index in [9.17, 15) is 0 Å². The van der Waals surface area contributed by atoms with Gasteiger partial charge in [0.25, 0.3) is 0 Å². The average Bonchev–Trinajstić information content (AvgIpc) is 3.91. The van der Waals surface area contributed by atoms with Crippen LogP contribution in [0.5, 0.6) is 0 Å². The van der Waals surface area contributed by atoms with Gasteiger partial charge in [0.2, 0.25) is 0 Å². The van der Waals surface area contributed by atoms with Crippen LogP contribution in [0.15, 0.2) is 199 Å². The van der Waals surface area contributed by atoms with Crippen LogP contribution in [0.25, 0.3) is 110 Å². The largest absolute Gasteiger partial charge is 0.456 e. The number of fused-ring (bicyclic) bond motifs is 4. The molecule has 0 aliphatic heterocycles. The van der Waals surface area contributed by atoms with Crippen LogP contribution in [0.3, 0.4) is 0 Å². The van der Waals surface area contributed by atoms with Gasteiger partial charge in [0, 0.05) is 33.0 Å². The highest BCUT2D eigenvalue weighted by molar-refractivity contribution is 7.21. The van der Waals surface area contributed by atoms with Gasteiger partial charge in [0.05, 0.1) is 10.2 Å². The highest BCUT2D eigenvalue weighted by Crippen LogP contribution is 2.40. The molecule has 5 nitrogen and oxygen atoms in total. The Morgan fingerprint density at radius 3 is 1.50 bits per heavy atom.